The van der Waals surface area contributed by atoms with Gasteiger partial charge < -0.3 is 35.1 Å². The molecule has 0 spiro atoms. The summed E-state index contributed by atoms with van der Waals surface area (Å²) >= 11 is 0. The van der Waals surface area contributed by atoms with E-state index in [-0.39, 0.29) is 34.5 Å². The Hall–Kier alpha value is -4.96. The van der Waals surface area contributed by atoms with E-state index >= 15 is 0 Å². The van der Waals surface area contributed by atoms with E-state index in [9.17, 15) is 19.8 Å². The lowest BCUT2D eigenvalue weighted by Crippen LogP contribution is -2.29. The predicted octanol–water partition coefficient (Wildman–Crippen LogP) is 6.51. The number of carbonyl (C=O) groups excluding carboxylic acids is 2. The van der Waals surface area contributed by atoms with Crippen LogP contribution in [-0.4, -0.2) is 72.8 Å². The van der Waals surface area contributed by atoms with Crippen LogP contribution in [0.5, 0.6) is 17.2 Å². The van der Waals surface area contributed by atoms with E-state index in [2.05, 4.69) is 64.9 Å². The summed E-state index contributed by atoms with van der Waals surface area (Å²) < 4.78 is 16.0. The highest BCUT2D eigenvalue weighted by molar-refractivity contribution is 6.76. The fraction of sp³-hybridized carbons (Fsp3) is 0.281. The quantitative estimate of drug-likeness (QED) is 0.0962. The molecule has 0 atom stereocenters. The number of carbonyl (C=O) groups is 2. The number of methoxy groups -OCH3 is 1. The highest BCUT2D eigenvalue weighted by atomic mass is 28.3. The minimum absolute atomic E-state index is 0.0494. The number of rotatable bonds is 12. The predicted molar refractivity (Wildman–Crippen MR) is 182 cm³/mol. The number of hydrogen-bond acceptors (Lipinski definition) is 12. The van der Waals surface area contributed by atoms with Gasteiger partial charge in [-0.1, -0.05) is 39.3 Å². The summed E-state index contributed by atoms with van der Waals surface area (Å²) in [5.74, 6) is -0.474. The third-order valence-corrected chi connectivity index (χ3v) is 8.22. The SMILES string of the molecule is COc1ccc(-c2nc(Nc3ccc(C(=O)OC[Si](C)(C)C)c(O)c3)nc(Nc3ccc(C(=O)OC[Si](C)(C)C)c(O)c3)n2)cc1. The average molecular weight is 662 g/mol. The van der Waals surface area contributed by atoms with E-state index in [0.717, 1.165) is 0 Å². The van der Waals surface area contributed by atoms with Crippen LogP contribution in [0.25, 0.3) is 11.4 Å². The summed E-state index contributed by atoms with van der Waals surface area (Å²) in [6, 6.07) is 16.0. The average Bonchev–Trinajstić information content (AvgIpc) is 2.98. The van der Waals surface area contributed by atoms with Gasteiger partial charge >= 0.3 is 11.9 Å². The van der Waals surface area contributed by atoms with Crippen molar-refractivity contribution in [2.45, 2.75) is 39.3 Å². The lowest BCUT2D eigenvalue weighted by Gasteiger charge is -2.16. The standard InChI is InChI=1S/C32H39N5O7Si2/c1-42-23-12-8-20(9-13-23)28-35-31(33-21-10-14-24(26(38)16-21)29(40)43-18-45(2,3)4)37-32(36-28)34-22-11-15-25(27(39)17-22)30(41)44-19-46(5,6)7/h8-17,38-39H,18-19H2,1-7H3,(H2,33,34,35,36,37). The van der Waals surface area contributed by atoms with Crippen LogP contribution in [0.2, 0.25) is 39.3 Å². The van der Waals surface area contributed by atoms with Gasteiger partial charge in [-0.25, -0.2) is 9.59 Å². The van der Waals surface area contributed by atoms with Gasteiger partial charge in [0.25, 0.3) is 0 Å². The van der Waals surface area contributed by atoms with Gasteiger partial charge in [0.2, 0.25) is 11.9 Å². The van der Waals surface area contributed by atoms with Crippen LogP contribution in [-0.2, 0) is 9.47 Å². The molecule has 14 heteroatoms. The summed E-state index contributed by atoms with van der Waals surface area (Å²) in [6.45, 7) is 12.5. The first-order valence-electron chi connectivity index (χ1n) is 14.5. The maximum Gasteiger partial charge on any atom is 0.341 e. The molecule has 0 aliphatic rings. The Kier molecular flexibility index (Phi) is 10.3. The monoisotopic (exact) mass is 661 g/mol. The highest BCUT2D eigenvalue weighted by Crippen LogP contribution is 2.29. The van der Waals surface area contributed by atoms with Crippen molar-refractivity contribution in [1.29, 1.82) is 0 Å². The number of phenols is 2. The third-order valence-electron chi connectivity index (χ3n) is 6.20. The molecular formula is C32H39N5O7Si2. The molecular weight excluding hydrogens is 623 g/mol. The number of benzene rings is 3. The maximum absolute atomic E-state index is 12.5. The van der Waals surface area contributed by atoms with Crippen molar-refractivity contribution in [3.8, 4) is 28.6 Å². The Bertz CT molecular complexity index is 1620. The number of hydrogen-bond donors (Lipinski definition) is 4. The zero-order valence-electron chi connectivity index (χ0n) is 27.0. The lowest BCUT2D eigenvalue weighted by atomic mass is 10.2. The number of nitrogens with zero attached hydrogens (tertiary/aromatic N) is 3. The summed E-state index contributed by atoms with van der Waals surface area (Å²) in [4.78, 5) is 38.6. The second-order valence-electron chi connectivity index (χ2n) is 13.0. The van der Waals surface area contributed by atoms with Crippen LogP contribution >= 0.6 is 0 Å². The van der Waals surface area contributed by atoms with Gasteiger partial charge in [-0.2, -0.15) is 15.0 Å². The van der Waals surface area contributed by atoms with E-state index in [1.54, 1.807) is 43.5 Å². The molecule has 1 heterocycles. The Morgan fingerprint density at radius 2 is 1.11 bits per heavy atom. The first-order chi connectivity index (χ1) is 21.6. The van der Waals surface area contributed by atoms with Gasteiger partial charge in [-0.05, 0) is 48.5 Å². The van der Waals surface area contributed by atoms with Crippen LogP contribution in [0.3, 0.4) is 0 Å². The molecule has 0 saturated heterocycles. The molecule has 1 aromatic heterocycles. The topological polar surface area (TPSA) is 165 Å². The molecule has 4 aromatic rings. The molecule has 242 valence electrons. The normalized spacial score (nSPS) is 11.5. The van der Waals surface area contributed by atoms with E-state index in [0.29, 0.717) is 41.0 Å². The first-order valence-corrected chi connectivity index (χ1v) is 22.0. The molecule has 4 rings (SSSR count). The second kappa shape index (κ2) is 14.0. The van der Waals surface area contributed by atoms with Crippen LogP contribution in [0, 0.1) is 0 Å². The number of aromatic hydroxyl groups is 2. The van der Waals surface area contributed by atoms with Crippen molar-refractivity contribution < 1.29 is 34.0 Å². The molecule has 0 bridgehead atoms. The van der Waals surface area contributed by atoms with E-state index < -0.39 is 28.1 Å². The van der Waals surface area contributed by atoms with Crippen molar-refractivity contribution in [2.24, 2.45) is 0 Å². The Balaban J connectivity index is 1.61. The van der Waals surface area contributed by atoms with Gasteiger partial charge in [0.1, 0.15) is 28.4 Å². The third kappa shape index (κ3) is 9.52. The Morgan fingerprint density at radius 3 is 1.48 bits per heavy atom. The molecule has 46 heavy (non-hydrogen) atoms. The van der Waals surface area contributed by atoms with Crippen molar-refractivity contribution in [3.05, 3.63) is 71.8 Å². The van der Waals surface area contributed by atoms with E-state index in [4.69, 9.17) is 14.2 Å². The highest BCUT2D eigenvalue weighted by Gasteiger charge is 2.21. The largest absolute Gasteiger partial charge is 0.507 e. The number of ether oxygens (including phenoxy) is 3. The maximum atomic E-state index is 12.5. The molecule has 0 unspecified atom stereocenters. The van der Waals surface area contributed by atoms with Gasteiger partial charge in [0, 0.05) is 29.1 Å². The van der Waals surface area contributed by atoms with Gasteiger partial charge in [0.15, 0.2) is 5.82 Å². The molecule has 0 radical (unpaired) electrons. The molecule has 0 fully saturated rings. The van der Waals surface area contributed by atoms with E-state index in [1.807, 2.05) is 0 Å². The second-order valence-corrected chi connectivity index (χ2v) is 23.8. The minimum Gasteiger partial charge on any atom is -0.507 e. The first kappa shape index (κ1) is 33.9. The number of anilines is 4. The number of phenolic OH excluding ortho intramolecular Hbond substituents is 2. The van der Waals surface area contributed by atoms with E-state index in [1.165, 1.54) is 24.3 Å². The summed E-state index contributed by atoms with van der Waals surface area (Å²) in [5, 5.41) is 27.3. The molecule has 0 aliphatic carbocycles. The lowest BCUT2D eigenvalue weighted by molar-refractivity contribution is 0.0553. The van der Waals surface area contributed by atoms with Crippen LogP contribution in [0.15, 0.2) is 60.7 Å². The van der Waals surface area contributed by atoms with Crippen molar-refractivity contribution in [1.82, 2.24) is 15.0 Å². The zero-order valence-corrected chi connectivity index (χ0v) is 29.0. The summed E-state index contributed by atoms with van der Waals surface area (Å²) in [7, 11) is -1.69. The van der Waals surface area contributed by atoms with Crippen molar-refractivity contribution in [3.63, 3.8) is 0 Å². The van der Waals surface area contributed by atoms with Crippen LogP contribution in [0.4, 0.5) is 23.3 Å². The molecule has 3 aromatic carbocycles. The number of aromatic nitrogens is 3. The number of nitrogens with one attached hydrogen (secondary N) is 2. The van der Waals surface area contributed by atoms with Crippen molar-refractivity contribution >= 4 is 51.4 Å². The minimum atomic E-state index is -1.63. The zero-order chi connectivity index (χ0) is 33.6. The smallest absolute Gasteiger partial charge is 0.341 e. The number of esters is 2. The van der Waals surface area contributed by atoms with Crippen LogP contribution < -0.4 is 15.4 Å². The molecule has 0 amide bonds. The van der Waals surface area contributed by atoms with Gasteiger partial charge in [-0.3, -0.25) is 0 Å². The fourth-order valence-corrected chi connectivity index (χ4v) is 5.03. The van der Waals surface area contributed by atoms with Gasteiger partial charge in [0.05, 0.1) is 35.7 Å². The molecule has 0 aliphatic heterocycles. The molecule has 4 N–H and O–H groups in total. The van der Waals surface area contributed by atoms with Gasteiger partial charge in [-0.15, -0.1) is 0 Å². The Morgan fingerprint density at radius 1 is 0.674 bits per heavy atom. The molecule has 0 saturated carbocycles. The fourth-order valence-electron chi connectivity index (χ4n) is 3.90. The Labute approximate surface area is 269 Å². The summed E-state index contributed by atoms with van der Waals surface area (Å²) in [5.41, 5.74) is 1.59. The summed E-state index contributed by atoms with van der Waals surface area (Å²) in [6.07, 6.45) is 0.673. The molecule has 12 nitrogen and oxygen atoms in total. The van der Waals surface area contributed by atoms with Crippen LogP contribution in [0.1, 0.15) is 20.7 Å². The van der Waals surface area contributed by atoms with Crippen molar-refractivity contribution in [2.75, 3.05) is 30.2 Å².